The van der Waals surface area contributed by atoms with Gasteiger partial charge in [0.1, 0.15) is 11.8 Å². The average molecular weight is 514 g/mol. The Morgan fingerprint density at radius 2 is 2.03 bits per heavy atom. The second-order valence-electron chi connectivity index (χ2n) is 10.1. The number of aromatic nitrogens is 6. The standard InChI is InChI=1S/C26H27N9O3/c27-9-17-7-19-1-2-25(35(19)30-10-17)23-8-22(31-18-3-16(4-18)14-38-26(28)37)21(11-29-23)24-12-34(33-32-24)20-5-15(6-20)13-36/h1-2,7-8,10-12,15-16,18,20,36H,3-6,13-14H2,(H2,28,37)(H,29,31). The van der Waals surface area contributed by atoms with Gasteiger partial charge in [0.25, 0.3) is 0 Å². The third-order valence-corrected chi connectivity index (χ3v) is 7.48. The van der Waals surface area contributed by atoms with E-state index in [-0.39, 0.29) is 24.6 Å². The Bertz CT molecular complexity index is 1530. The van der Waals surface area contributed by atoms with Crippen molar-refractivity contribution in [1.82, 2.24) is 29.6 Å². The summed E-state index contributed by atoms with van der Waals surface area (Å²) in [5, 5.41) is 35.4. The highest BCUT2D eigenvalue weighted by molar-refractivity contribution is 5.79. The number of nitriles is 1. The van der Waals surface area contributed by atoms with Gasteiger partial charge in [-0.25, -0.2) is 14.0 Å². The van der Waals surface area contributed by atoms with Crippen LogP contribution in [0.15, 0.2) is 42.9 Å². The van der Waals surface area contributed by atoms with Crippen LogP contribution in [0.25, 0.3) is 28.2 Å². The fourth-order valence-corrected chi connectivity index (χ4v) is 5.23. The minimum absolute atomic E-state index is 0.192. The first-order valence-electron chi connectivity index (χ1n) is 12.6. The van der Waals surface area contributed by atoms with Gasteiger partial charge in [-0.1, -0.05) is 5.21 Å². The number of rotatable bonds is 8. The van der Waals surface area contributed by atoms with E-state index in [4.69, 9.17) is 15.5 Å². The van der Waals surface area contributed by atoms with Gasteiger partial charge in [-0.3, -0.25) is 4.98 Å². The van der Waals surface area contributed by atoms with Crippen molar-refractivity contribution in [2.75, 3.05) is 18.5 Å². The maximum absolute atomic E-state index is 10.9. The highest BCUT2D eigenvalue weighted by Crippen LogP contribution is 2.39. The summed E-state index contributed by atoms with van der Waals surface area (Å²) in [7, 11) is 0. The van der Waals surface area contributed by atoms with Gasteiger partial charge in [-0.05, 0) is 61.8 Å². The number of aliphatic hydroxyl groups excluding tert-OH is 1. The van der Waals surface area contributed by atoms with Crippen molar-refractivity contribution >= 4 is 17.3 Å². The van der Waals surface area contributed by atoms with Gasteiger partial charge in [-0.15, -0.1) is 5.10 Å². The van der Waals surface area contributed by atoms with E-state index in [0.29, 0.717) is 23.8 Å². The number of ether oxygens (including phenoxy) is 1. The Hall–Kier alpha value is -4.50. The molecule has 0 atom stereocenters. The van der Waals surface area contributed by atoms with E-state index in [9.17, 15) is 15.2 Å². The molecule has 38 heavy (non-hydrogen) atoms. The van der Waals surface area contributed by atoms with E-state index >= 15 is 0 Å². The summed E-state index contributed by atoms with van der Waals surface area (Å²) in [6, 6.07) is 10.2. The molecule has 2 fully saturated rings. The molecule has 0 bridgehead atoms. The topological polar surface area (TPSA) is 169 Å². The van der Waals surface area contributed by atoms with Crippen molar-refractivity contribution in [3.05, 3.63) is 48.4 Å². The maximum atomic E-state index is 10.9. The van der Waals surface area contributed by atoms with Gasteiger partial charge in [0.15, 0.2) is 0 Å². The molecule has 12 heteroatoms. The number of amides is 1. The molecule has 2 aliphatic carbocycles. The molecule has 12 nitrogen and oxygen atoms in total. The fourth-order valence-electron chi connectivity index (χ4n) is 5.23. The minimum atomic E-state index is -0.753. The van der Waals surface area contributed by atoms with Crippen molar-refractivity contribution in [3.63, 3.8) is 0 Å². The number of carbonyl (C=O) groups is 1. The van der Waals surface area contributed by atoms with Crippen molar-refractivity contribution in [3.8, 4) is 28.7 Å². The van der Waals surface area contributed by atoms with Crippen LogP contribution in [-0.4, -0.2) is 60.0 Å². The third-order valence-electron chi connectivity index (χ3n) is 7.48. The van der Waals surface area contributed by atoms with Gasteiger partial charge >= 0.3 is 6.09 Å². The average Bonchev–Trinajstić information content (AvgIpc) is 3.51. The monoisotopic (exact) mass is 513 g/mol. The van der Waals surface area contributed by atoms with Crippen LogP contribution in [0.4, 0.5) is 10.5 Å². The second kappa shape index (κ2) is 9.75. The lowest BCUT2D eigenvalue weighted by molar-refractivity contribution is 0.104. The SMILES string of the molecule is N#Cc1cnn2c(-c3cc(NC4CC(COC(N)=O)C4)c(-c4cn(C5CC(CO)C5)nn4)cn3)ccc2c1. The maximum Gasteiger partial charge on any atom is 0.404 e. The number of hydrogen-bond donors (Lipinski definition) is 3. The summed E-state index contributed by atoms with van der Waals surface area (Å²) in [5.41, 5.74) is 10.3. The third kappa shape index (κ3) is 4.52. The Balaban J connectivity index is 1.29. The molecule has 1 amide bonds. The van der Waals surface area contributed by atoms with Gasteiger partial charge in [-0.2, -0.15) is 10.4 Å². The van der Waals surface area contributed by atoms with Crippen LogP contribution in [0.1, 0.15) is 37.3 Å². The zero-order valence-corrected chi connectivity index (χ0v) is 20.6. The molecule has 0 aromatic carbocycles. The van der Waals surface area contributed by atoms with E-state index in [1.54, 1.807) is 16.8 Å². The van der Waals surface area contributed by atoms with Crippen LogP contribution in [0, 0.1) is 23.2 Å². The molecular formula is C26H27N9O3. The number of nitrogens with zero attached hydrogens (tertiary/aromatic N) is 7. The normalized spacial score (nSPS) is 22.3. The molecule has 6 rings (SSSR count). The number of carbonyl (C=O) groups excluding carboxylic acids is 1. The molecule has 4 aromatic heterocycles. The predicted octanol–water partition coefficient (Wildman–Crippen LogP) is 2.76. The largest absolute Gasteiger partial charge is 0.449 e. The van der Waals surface area contributed by atoms with Crippen LogP contribution in [0.2, 0.25) is 0 Å². The molecule has 194 valence electrons. The molecule has 4 aromatic rings. The van der Waals surface area contributed by atoms with Gasteiger partial charge in [0, 0.05) is 30.1 Å². The highest BCUT2D eigenvalue weighted by Gasteiger charge is 2.32. The lowest BCUT2D eigenvalue weighted by Gasteiger charge is -2.36. The molecular weight excluding hydrogens is 486 g/mol. The number of aliphatic hydroxyl groups is 1. The number of nitrogens with one attached hydrogen (secondary N) is 1. The fraction of sp³-hybridized carbons (Fsp3) is 0.385. The van der Waals surface area contributed by atoms with Crippen molar-refractivity contribution < 1.29 is 14.6 Å². The lowest BCUT2D eigenvalue weighted by atomic mass is 9.80. The Morgan fingerprint density at radius 3 is 2.79 bits per heavy atom. The summed E-state index contributed by atoms with van der Waals surface area (Å²) in [6.45, 7) is 0.518. The van der Waals surface area contributed by atoms with E-state index in [1.165, 1.54) is 6.20 Å². The molecule has 2 aliphatic rings. The summed E-state index contributed by atoms with van der Waals surface area (Å²) in [5.74, 6) is 0.586. The first-order valence-corrected chi connectivity index (χ1v) is 12.6. The first-order chi connectivity index (χ1) is 18.5. The van der Waals surface area contributed by atoms with Gasteiger partial charge in [0.2, 0.25) is 0 Å². The molecule has 0 aliphatic heterocycles. The summed E-state index contributed by atoms with van der Waals surface area (Å²) in [4.78, 5) is 15.7. The van der Waals surface area contributed by atoms with Crippen LogP contribution in [0.3, 0.4) is 0 Å². The smallest absolute Gasteiger partial charge is 0.404 e. The summed E-state index contributed by atoms with van der Waals surface area (Å²) >= 11 is 0. The van der Waals surface area contributed by atoms with E-state index < -0.39 is 6.09 Å². The first kappa shape index (κ1) is 23.9. The molecule has 4 heterocycles. The van der Waals surface area contributed by atoms with Crippen molar-refractivity contribution in [1.29, 1.82) is 5.26 Å². The predicted molar refractivity (Wildman–Crippen MR) is 137 cm³/mol. The summed E-state index contributed by atoms with van der Waals surface area (Å²) in [6.07, 6.45) is 7.97. The molecule has 0 saturated heterocycles. The Morgan fingerprint density at radius 1 is 1.18 bits per heavy atom. The van der Waals surface area contributed by atoms with Crippen LogP contribution in [-0.2, 0) is 4.74 Å². The number of nitrogens with two attached hydrogens (primary N) is 1. The minimum Gasteiger partial charge on any atom is -0.449 e. The molecule has 2 saturated carbocycles. The molecule has 0 radical (unpaired) electrons. The number of primary amides is 1. The number of pyridine rings is 1. The van der Waals surface area contributed by atoms with Gasteiger partial charge in [0.05, 0.1) is 47.5 Å². The lowest BCUT2D eigenvalue weighted by Crippen LogP contribution is -2.38. The van der Waals surface area contributed by atoms with E-state index in [2.05, 4.69) is 26.8 Å². The Kier molecular flexibility index (Phi) is 6.13. The van der Waals surface area contributed by atoms with Crippen LogP contribution < -0.4 is 11.1 Å². The van der Waals surface area contributed by atoms with Crippen LogP contribution in [0.5, 0.6) is 0 Å². The highest BCUT2D eigenvalue weighted by atomic mass is 16.5. The Labute approximate surface area is 218 Å². The van der Waals surface area contributed by atoms with Crippen LogP contribution >= 0.6 is 0 Å². The molecule has 4 N–H and O–H groups in total. The number of hydrogen-bond acceptors (Lipinski definition) is 9. The zero-order valence-electron chi connectivity index (χ0n) is 20.6. The van der Waals surface area contributed by atoms with E-state index in [0.717, 1.165) is 53.8 Å². The molecule has 0 spiro atoms. The van der Waals surface area contributed by atoms with Crippen molar-refractivity contribution in [2.45, 2.75) is 37.8 Å². The van der Waals surface area contributed by atoms with Gasteiger partial charge < -0.3 is 20.9 Å². The zero-order chi connectivity index (χ0) is 26.2. The quantitative estimate of drug-likeness (QED) is 0.320. The summed E-state index contributed by atoms with van der Waals surface area (Å²) < 4.78 is 8.59. The second-order valence-corrected chi connectivity index (χ2v) is 10.1. The van der Waals surface area contributed by atoms with E-state index in [1.807, 2.05) is 29.1 Å². The van der Waals surface area contributed by atoms with Crippen molar-refractivity contribution in [2.24, 2.45) is 17.6 Å². The number of anilines is 1. The molecule has 0 unspecified atom stereocenters. The number of fused-ring (bicyclic) bond motifs is 1.